The predicted octanol–water partition coefficient (Wildman–Crippen LogP) is 1.33. The average Bonchev–Trinajstić information content (AvgIpc) is 2.93. The van der Waals surface area contributed by atoms with Gasteiger partial charge >= 0.3 is 5.97 Å². The highest BCUT2D eigenvalue weighted by Gasteiger charge is 2.40. The van der Waals surface area contributed by atoms with Crippen LogP contribution in [0.4, 0.5) is 0 Å². The summed E-state index contributed by atoms with van der Waals surface area (Å²) in [6.45, 7) is 4.99. The summed E-state index contributed by atoms with van der Waals surface area (Å²) in [6, 6.07) is -0.172. The Morgan fingerprint density at radius 3 is 2.62 bits per heavy atom. The molecule has 0 radical (unpaired) electrons. The molecule has 1 saturated carbocycles. The van der Waals surface area contributed by atoms with Crippen molar-refractivity contribution < 1.29 is 9.53 Å². The summed E-state index contributed by atoms with van der Waals surface area (Å²) in [7, 11) is 1.42. The van der Waals surface area contributed by atoms with E-state index in [4.69, 9.17) is 0 Å². The molecule has 0 amide bonds. The zero-order valence-electron chi connectivity index (χ0n) is 8.72. The molecule has 3 nitrogen and oxygen atoms in total. The van der Waals surface area contributed by atoms with Crippen LogP contribution in [0.2, 0.25) is 0 Å². The van der Waals surface area contributed by atoms with E-state index in [-0.39, 0.29) is 12.0 Å². The van der Waals surface area contributed by atoms with Gasteiger partial charge in [0.25, 0.3) is 0 Å². The molecule has 1 rings (SSSR count). The fourth-order valence-electron chi connectivity index (χ4n) is 1.46. The number of ether oxygens (including phenoxy) is 1. The maximum absolute atomic E-state index is 11.1. The number of carbonyl (C=O) groups is 1. The van der Waals surface area contributed by atoms with Gasteiger partial charge in [-0.1, -0.05) is 6.92 Å². The highest BCUT2D eigenvalue weighted by molar-refractivity contribution is 5.75. The van der Waals surface area contributed by atoms with Gasteiger partial charge in [-0.2, -0.15) is 0 Å². The highest BCUT2D eigenvalue weighted by atomic mass is 16.5. The number of rotatable bonds is 5. The van der Waals surface area contributed by atoms with Crippen LogP contribution in [0.1, 0.15) is 33.1 Å². The Labute approximate surface area is 79.8 Å². The maximum atomic E-state index is 11.1. The van der Waals surface area contributed by atoms with E-state index in [1.807, 2.05) is 6.92 Å². The molecule has 13 heavy (non-hydrogen) atoms. The first-order valence-corrected chi connectivity index (χ1v) is 4.95. The standard InChI is InChI=1S/C10H19NO2/c1-4-10(5-6-10)7-11-8(2)9(12)13-3/h8,11H,4-7H2,1-3H3. The van der Waals surface area contributed by atoms with Crippen molar-refractivity contribution in [2.75, 3.05) is 13.7 Å². The van der Waals surface area contributed by atoms with E-state index in [9.17, 15) is 4.79 Å². The summed E-state index contributed by atoms with van der Waals surface area (Å²) in [5.41, 5.74) is 0.488. The molecule has 0 heterocycles. The molecule has 1 atom stereocenters. The van der Waals surface area contributed by atoms with Crippen LogP contribution in [-0.2, 0) is 9.53 Å². The van der Waals surface area contributed by atoms with Crippen molar-refractivity contribution in [2.24, 2.45) is 5.41 Å². The van der Waals surface area contributed by atoms with E-state index < -0.39 is 0 Å². The van der Waals surface area contributed by atoms with E-state index in [1.54, 1.807) is 0 Å². The van der Waals surface area contributed by atoms with E-state index in [2.05, 4.69) is 17.0 Å². The number of hydrogen-bond acceptors (Lipinski definition) is 3. The van der Waals surface area contributed by atoms with Crippen LogP contribution < -0.4 is 5.32 Å². The molecular formula is C10H19NO2. The Balaban J connectivity index is 2.22. The van der Waals surface area contributed by atoms with Crippen LogP contribution in [0.5, 0.6) is 0 Å². The second-order valence-electron chi connectivity index (χ2n) is 3.98. The van der Waals surface area contributed by atoms with Gasteiger partial charge in [0.15, 0.2) is 0 Å². The number of carbonyl (C=O) groups excluding carboxylic acids is 1. The zero-order valence-corrected chi connectivity index (χ0v) is 8.72. The van der Waals surface area contributed by atoms with Gasteiger partial charge in [-0.25, -0.2) is 0 Å². The summed E-state index contributed by atoms with van der Waals surface area (Å²) < 4.78 is 4.63. The maximum Gasteiger partial charge on any atom is 0.322 e. The SMILES string of the molecule is CCC1(CNC(C)C(=O)OC)CC1. The van der Waals surface area contributed by atoms with E-state index in [1.165, 1.54) is 26.4 Å². The third-order valence-electron chi connectivity index (χ3n) is 3.05. The summed E-state index contributed by atoms with van der Waals surface area (Å²) >= 11 is 0. The molecule has 1 fully saturated rings. The number of methoxy groups -OCH3 is 1. The molecule has 1 N–H and O–H groups in total. The first-order valence-electron chi connectivity index (χ1n) is 4.95. The quantitative estimate of drug-likeness (QED) is 0.657. The van der Waals surface area contributed by atoms with Gasteiger partial charge in [0, 0.05) is 6.54 Å². The van der Waals surface area contributed by atoms with E-state index in [0.29, 0.717) is 5.41 Å². The molecule has 3 heteroatoms. The van der Waals surface area contributed by atoms with Crippen LogP contribution in [0.15, 0.2) is 0 Å². The molecule has 0 aromatic heterocycles. The lowest BCUT2D eigenvalue weighted by Crippen LogP contribution is -2.38. The van der Waals surface area contributed by atoms with Gasteiger partial charge < -0.3 is 10.1 Å². The second-order valence-corrected chi connectivity index (χ2v) is 3.98. The first kappa shape index (κ1) is 10.5. The van der Waals surface area contributed by atoms with Crippen LogP contribution in [0, 0.1) is 5.41 Å². The van der Waals surface area contributed by atoms with E-state index in [0.717, 1.165) is 6.54 Å². The smallest absolute Gasteiger partial charge is 0.322 e. The van der Waals surface area contributed by atoms with Gasteiger partial charge in [0.05, 0.1) is 7.11 Å². The van der Waals surface area contributed by atoms with Crippen molar-refractivity contribution in [1.29, 1.82) is 0 Å². The van der Waals surface area contributed by atoms with E-state index >= 15 is 0 Å². The third kappa shape index (κ3) is 2.69. The minimum Gasteiger partial charge on any atom is -0.468 e. The van der Waals surface area contributed by atoms with Crippen LogP contribution in [0.25, 0.3) is 0 Å². The Hall–Kier alpha value is -0.570. The van der Waals surface area contributed by atoms with Crippen LogP contribution >= 0.6 is 0 Å². The number of esters is 1. The lowest BCUT2D eigenvalue weighted by molar-refractivity contribution is -0.142. The Morgan fingerprint density at radius 2 is 2.23 bits per heavy atom. The molecule has 76 valence electrons. The molecule has 0 spiro atoms. The summed E-state index contributed by atoms with van der Waals surface area (Å²) in [5.74, 6) is -0.174. The molecule has 0 aliphatic heterocycles. The minimum atomic E-state index is -0.174. The van der Waals surface area contributed by atoms with Crippen molar-refractivity contribution >= 4 is 5.97 Å². The Bertz CT molecular complexity index is 187. The molecule has 1 unspecified atom stereocenters. The highest BCUT2D eigenvalue weighted by Crippen LogP contribution is 2.47. The van der Waals surface area contributed by atoms with Crippen molar-refractivity contribution in [1.82, 2.24) is 5.32 Å². The first-order chi connectivity index (χ1) is 6.13. The van der Waals surface area contributed by atoms with Gasteiger partial charge in [0.1, 0.15) is 6.04 Å². The van der Waals surface area contributed by atoms with Gasteiger partial charge in [-0.05, 0) is 31.6 Å². The summed E-state index contributed by atoms with van der Waals surface area (Å²) in [5, 5.41) is 3.21. The lowest BCUT2D eigenvalue weighted by Gasteiger charge is -2.16. The molecule has 0 aromatic carbocycles. The average molecular weight is 185 g/mol. The van der Waals surface area contributed by atoms with Crippen LogP contribution in [0.3, 0.4) is 0 Å². The predicted molar refractivity (Wildman–Crippen MR) is 51.4 cm³/mol. The molecule has 0 bridgehead atoms. The van der Waals surface area contributed by atoms with Crippen molar-refractivity contribution in [3.05, 3.63) is 0 Å². The fraction of sp³-hybridized carbons (Fsp3) is 0.900. The summed E-state index contributed by atoms with van der Waals surface area (Å²) in [6.07, 6.45) is 3.79. The molecule has 1 aliphatic rings. The normalized spacial score (nSPS) is 20.8. The van der Waals surface area contributed by atoms with Crippen molar-refractivity contribution in [3.63, 3.8) is 0 Å². The third-order valence-corrected chi connectivity index (χ3v) is 3.05. The van der Waals surface area contributed by atoms with Gasteiger partial charge in [-0.3, -0.25) is 4.79 Å². The molecule has 0 aromatic rings. The second kappa shape index (κ2) is 4.09. The number of nitrogens with one attached hydrogen (secondary N) is 1. The molecule has 0 saturated heterocycles. The number of hydrogen-bond donors (Lipinski definition) is 1. The fourth-order valence-corrected chi connectivity index (χ4v) is 1.46. The van der Waals surface area contributed by atoms with Crippen molar-refractivity contribution in [3.8, 4) is 0 Å². The lowest BCUT2D eigenvalue weighted by atomic mass is 10.0. The molecule has 1 aliphatic carbocycles. The van der Waals surface area contributed by atoms with Gasteiger partial charge in [-0.15, -0.1) is 0 Å². The summed E-state index contributed by atoms with van der Waals surface area (Å²) in [4.78, 5) is 11.1. The molecular weight excluding hydrogens is 166 g/mol. The van der Waals surface area contributed by atoms with Gasteiger partial charge in [0.2, 0.25) is 0 Å². The Morgan fingerprint density at radius 1 is 1.62 bits per heavy atom. The van der Waals surface area contributed by atoms with Crippen molar-refractivity contribution in [2.45, 2.75) is 39.2 Å². The Kier molecular flexibility index (Phi) is 3.31. The zero-order chi connectivity index (χ0) is 9.90. The topological polar surface area (TPSA) is 38.3 Å². The largest absolute Gasteiger partial charge is 0.468 e. The monoisotopic (exact) mass is 185 g/mol. The minimum absolute atomic E-state index is 0.172. The van der Waals surface area contributed by atoms with Crippen LogP contribution in [-0.4, -0.2) is 25.7 Å².